The van der Waals surface area contributed by atoms with Crippen LogP contribution in [-0.4, -0.2) is 39.0 Å². The second-order valence-electron chi connectivity index (χ2n) is 5.26. The van der Waals surface area contributed by atoms with E-state index in [1.54, 1.807) is 23.5 Å². The van der Waals surface area contributed by atoms with E-state index in [4.69, 9.17) is 4.74 Å². The molecule has 0 saturated heterocycles. The van der Waals surface area contributed by atoms with E-state index in [1.807, 2.05) is 13.0 Å². The quantitative estimate of drug-likeness (QED) is 0.650. The summed E-state index contributed by atoms with van der Waals surface area (Å²) >= 11 is 6.69. The first-order valence-corrected chi connectivity index (χ1v) is 9.86. The number of sulfonamides is 1. The van der Waals surface area contributed by atoms with Crippen LogP contribution in [0.15, 0.2) is 32.0 Å². The minimum atomic E-state index is -3.55. The third kappa shape index (κ3) is 4.07. The van der Waals surface area contributed by atoms with Gasteiger partial charge in [-0.3, -0.25) is 0 Å². The predicted octanol–water partition coefficient (Wildman–Crippen LogP) is 3.65. The smallest absolute Gasteiger partial charge is 0.244 e. The van der Waals surface area contributed by atoms with Crippen molar-refractivity contribution in [2.24, 2.45) is 5.92 Å². The molecule has 0 radical (unpaired) electrons. The van der Waals surface area contributed by atoms with Gasteiger partial charge in [0.25, 0.3) is 0 Å². The number of hydrogen-bond acceptors (Lipinski definition) is 3. The highest BCUT2D eigenvalue weighted by molar-refractivity contribution is 9.11. The molecular weight excluding hydrogens is 422 g/mol. The molecule has 1 fully saturated rings. The number of rotatable bonds is 7. The second-order valence-corrected chi connectivity index (χ2v) is 8.89. The van der Waals surface area contributed by atoms with Crippen molar-refractivity contribution in [2.75, 3.05) is 20.3 Å². The van der Waals surface area contributed by atoms with Crippen molar-refractivity contribution in [3.8, 4) is 0 Å². The largest absolute Gasteiger partial charge is 0.383 e. The van der Waals surface area contributed by atoms with Gasteiger partial charge >= 0.3 is 0 Å². The van der Waals surface area contributed by atoms with Crippen molar-refractivity contribution in [1.82, 2.24) is 4.31 Å². The van der Waals surface area contributed by atoms with Gasteiger partial charge in [-0.05, 0) is 59.8 Å². The zero-order valence-corrected chi connectivity index (χ0v) is 16.0. The highest BCUT2D eigenvalue weighted by atomic mass is 79.9. The third-order valence-electron chi connectivity index (χ3n) is 3.75. The van der Waals surface area contributed by atoms with Gasteiger partial charge in [0.2, 0.25) is 10.0 Å². The van der Waals surface area contributed by atoms with Crippen molar-refractivity contribution in [3.05, 3.63) is 27.1 Å². The van der Waals surface area contributed by atoms with Crippen molar-refractivity contribution < 1.29 is 13.2 Å². The lowest BCUT2D eigenvalue weighted by molar-refractivity contribution is 0.164. The first-order chi connectivity index (χ1) is 9.87. The Labute approximate surface area is 143 Å². The van der Waals surface area contributed by atoms with Crippen LogP contribution in [0.25, 0.3) is 0 Å². The normalized spacial score (nSPS) is 17.2. The van der Waals surface area contributed by atoms with Gasteiger partial charge in [-0.2, -0.15) is 4.31 Å². The average Bonchev–Trinajstić information content (AvgIpc) is 3.25. The van der Waals surface area contributed by atoms with Crippen LogP contribution < -0.4 is 0 Å². The fraction of sp³-hybridized carbons (Fsp3) is 0.571. The Hall–Kier alpha value is 0.0500. The van der Waals surface area contributed by atoms with Crippen molar-refractivity contribution in [2.45, 2.75) is 30.7 Å². The standard InChI is InChI=1S/C14H19Br2NO3S/c1-10(11-3-4-11)17(7-8-20-2)21(18,19)14-9-12(15)5-6-13(14)16/h5-6,9-11H,3-4,7-8H2,1-2H3. The molecular formula is C14H19Br2NO3S. The molecule has 1 saturated carbocycles. The lowest BCUT2D eigenvalue weighted by Gasteiger charge is -2.28. The van der Waals surface area contributed by atoms with Gasteiger partial charge in [-0.1, -0.05) is 15.9 Å². The van der Waals surface area contributed by atoms with Crippen molar-refractivity contribution in [3.63, 3.8) is 0 Å². The Balaban J connectivity index is 2.38. The SMILES string of the molecule is COCCN(C(C)C1CC1)S(=O)(=O)c1cc(Br)ccc1Br. The average molecular weight is 441 g/mol. The number of ether oxygens (including phenoxy) is 1. The molecule has 7 heteroatoms. The molecule has 4 nitrogen and oxygen atoms in total. The summed E-state index contributed by atoms with van der Waals surface area (Å²) in [4.78, 5) is 0.292. The van der Waals surface area contributed by atoms with Crippen LogP contribution in [0.3, 0.4) is 0 Å². The monoisotopic (exact) mass is 439 g/mol. The Morgan fingerprint density at radius 3 is 2.62 bits per heavy atom. The molecule has 0 heterocycles. The molecule has 0 amide bonds. The molecule has 2 rings (SSSR count). The first kappa shape index (κ1) is 17.4. The second kappa shape index (κ2) is 7.08. The van der Waals surface area contributed by atoms with Gasteiger partial charge in [0.1, 0.15) is 0 Å². The molecule has 0 aromatic heterocycles. The summed E-state index contributed by atoms with van der Waals surface area (Å²) < 4.78 is 34.0. The number of halogens is 2. The number of benzene rings is 1. The van der Waals surface area contributed by atoms with Crippen LogP contribution in [0.2, 0.25) is 0 Å². The topological polar surface area (TPSA) is 46.6 Å². The number of hydrogen-bond donors (Lipinski definition) is 0. The molecule has 0 spiro atoms. The highest BCUT2D eigenvalue weighted by Gasteiger charge is 2.38. The summed E-state index contributed by atoms with van der Waals surface area (Å²) in [5.74, 6) is 0.461. The van der Waals surface area contributed by atoms with Crippen LogP contribution in [0.4, 0.5) is 0 Å². The molecule has 1 atom stereocenters. The van der Waals surface area contributed by atoms with Gasteiger partial charge < -0.3 is 4.74 Å². The van der Waals surface area contributed by atoms with Crippen LogP contribution in [0.1, 0.15) is 19.8 Å². The zero-order chi connectivity index (χ0) is 15.6. The van der Waals surface area contributed by atoms with Crippen molar-refractivity contribution >= 4 is 41.9 Å². The van der Waals surface area contributed by atoms with Gasteiger partial charge in [-0.15, -0.1) is 0 Å². The summed E-state index contributed by atoms with van der Waals surface area (Å²) in [5, 5.41) is 0. The Bertz CT molecular complexity index is 602. The van der Waals surface area contributed by atoms with E-state index in [0.29, 0.717) is 28.4 Å². The molecule has 0 aliphatic heterocycles. The van der Waals surface area contributed by atoms with Gasteiger partial charge in [0, 0.05) is 28.6 Å². The van der Waals surface area contributed by atoms with E-state index in [2.05, 4.69) is 31.9 Å². The molecule has 0 bridgehead atoms. The summed E-state index contributed by atoms with van der Waals surface area (Å²) in [7, 11) is -1.97. The van der Waals surface area contributed by atoms with E-state index < -0.39 is 10.0 Å². The van der Waals surface area contributed by atoms with Crippen LogP contribution in [0.5, 0.6) is 0 Å². The molecule has 1 aliphatic carbocycles. The molecule has 1 aromatic carbocycles. The Morgan fingerprint density at radius 2 is 2.05 bits per heavy atom. The third-order valence-corrected chi connectivity index (χ3v) is 7.23. The minimum Gasteiger partial charge on any atom is -0.383 e. The maximum atomic E-state index is 13.0. The molecule has 0 N–H and O–H groups in total. The minimum absolute atomic E-state index is 0.00367. The fourth-order valence-corrected chi connectivity index (χ4v) is 5.48. The van der Waals surface area contributed by atoms with Gasteiger partial charge in [0.15, 0.2) is 0 Å². The zero-order valence-electron chi connectivity index (χ0n) is 12.1. The predicted molar refractivity (Wildman–Crippen MR) is 89.8 cm³/mol. The van der Waals surface area contributed by atoms with E-state index in [0.717, 1.165) is 17.3 Å². The van der Waals surface area contributed by atoms with E-state index in [9.17, 15) is 8.42 Å². The maximum Gasteiger partial charge on any atom is 0.244 e. The lowest BCUT2D eigenvalue weighted by atomic mass is 10.2. The van der Waals surface area contributed by atoms with E-state index in [1.165, 1.54) is 0 Å². The Morgan fingerprint density at radius 1 is 1.38 bits per heavy atom. The summed E-state index contributed by atoms with van der Waals surface area (Å²) in [6.45, 7) is 2.74. The van der Waals surface area contributed by atoms with E-state index in [-0.39, 0.29) is 6.04 Å². The summed E-state index contributed by atoms with van der Waals surface area (Å²) in [6, 6.07) is 5.19. The van der Waals surface area contributed by atoms with Crippen LogP contribution in [0, 0.1) is 5.92 Å². The van der Waals surface area contributed by atoms with Gasteiger partial charge in [-0.25, -0.2) is 8.42 Å². The molecule has 1 aliphatic rings. The maximum absolute atomic E-state index is 13.0. The number of nitrogens with zero attached hydrogens (tertiary/aromatic N) is 1. The number of methoxy groups -OCH3 is 1. The van der Waals surface area contributed by atoms with Crippen molar-refractivity contribution in [1.29, 1.82) is 0 Å². The first-order valence-electron chi connectivity index (χ1n) is 6.83. The Kier molecular flexibility index (Phi) is 5.87. The summed E-state index contributed by atoms with van der Waals surface area (Å²) in [5.41, 5.74) is 0. The fourth-order valence-electron chi connectivity index (χ4n) is 2.34. The highest BCUT2D eigenvalue weighted by Crippen LogP contribution is 2.38. The lowest BCUT2D eigenvalue weighted by Crippen LogP contribution is -2.42. The molecule has 21 heavy (non-hydrogen) atoms. The van der Waals surface area contributed by atoms with Crippen LogP contribution in [-0.2, 0) is 14.8 Å². The molecule has 1 aromatic rings. The van der Waals surface area contributed by atoms with Gasteiger partial charge in [0.05, 0.1) is 11.5 Å². The molecule has 1 unspecified atom stereocenters. The summed E-state index contributed by atoms with van der Waals surface area (Å²) in [6.07, 6.45) is 2.19. The molecule has 118 valence electrons. The van der Waals surface area contributed by atoms with Crippen LogP contribution >= 0.6 is 31.9 Å². The van der Waals surface area contributed by atoms with E-state index >= 15 is 0 Å².